The summed E-state index contributed by atoms with van der Waals surface area (Å²) in [5.41, 5.74) is -0.530. The van der Waals surface area contributed by atoms with E-state index in [-0.39, 0.29) is 11.9 Å². The van der Waals surface area contributed by atoms with Crippen molar-refractivity contribution in [3.05, 3.63) is 23.6 Å². The zero-order chi connectivity index (χ0) is 12.6. The third kappa shape index (κ3) is 2.22. The van der Waals surface area contributed by atoms with Crippen molar-refractivity contribution in [2.24, 2.45) is 0 Å². The Morgan fingerprint density at radius 3 is 2.71 bits per heavy atom. The molecular weight excluding hydrogens is 233 g/mol. The molecule has 1 N–H and O–H groups in total. The van der Waals surface area contributed by atoms with E-state index in [4.69, 9.17) is 4.74 Å². The van der Waals surface area contributed by atoms with Gasteiger partial charge in [0, 0.05) is 12.7 Å². The van der Waals surface area contributed by atoms with Crippen LogP contribution >= 0.6 is 0 Å². The molecule has 0 saturated carbocycles. The first-order chi connectivity index (χ1) is 7.92. The number of nitrogens with one attached hydrogen (secondary N) is 1. The number of hydrogen-bond donors (Lipinski definition) is 1. The van der Waals surface area contributed by atoms with E-state index in [1.807, 2.05) is 13.8 Å². The van der Waals surface area contributed by atoms with Crippen molar-refractivity contribution >= 4 is 5.82 Å². The Labute approximate surface area is 97.0 Å². The van der Waals surface area contributed by atoms with Gasteiger partial charge < -0.3 is 10.1 Å². The minimum absolute atomic E-state index is 0.156. The first kappa shape index (κ1) is 12.2. The normalized spacial score (nSPS) is 28.4. The average molecular weight is 246 g/mol. The maximum absolute atomic E-state index is 13.4. The summed E-state index contributed by atoms with van der Waals surface area (Å²) in [6, 6.07) is 0.481. The van der Waals surface area contributed by atoms with E-state index < -0.39 is 23.1 Å². The van der Waals surface area contributed by atoms with Gasteiger partial charge in [-0.3, -0.25) is 0 Å². The lowest BCUT2D eigenvalue weighted by Crippen LogP contribution is -2.41. The molecule has 0 aliphatic carbocycles. The lowest BCUT2D eigenvalue weighted by Gasteiger charge is -2.29. The molecule has 94 valence electrons. The lowest BCUT2D eigenvalue weighted by molar-refractivity contribution is 0.105. The fraction of sp³-hybridized carbons (Fsp3) is 0.545. The van der Waals surface area contributed by atoms with E-state index in [0.717, 1.165) is 0 Å². The second-order valence-corrected chi connectivity index (χ2v) is 4.40. The Bertz CT molecular complexity index is 441. The maximum atomic E-state index is 13.4. The first-order valence-corrected chi connectivity index (χ1v) is 5.34. The van der Waals surface area contributed by atoms with E-state index in [2.05, 4.69) is 10.3 Å². The molecule has 0 spiro atoms. The quantitative estimate of drug-likeness (QED) is 0.814. The van der Waals surface area contributed by atoms with Crippen molar-refractivity contribution < 1.29 is 17.9 Å². The molecule has 3 nitrogen and oxygen atoms in total. The van der Waals surface area contributed by atoms with Crippen molar-refractivity contribution in [3.63, 3.8) is 0 Å². The van der Waals surface area contributed by atoms with Crippen LogP contribution in [0.15, 0.2) is 6.07 Å². The Balaban J connectivity index is 2.27. The van der Waals surface area contributed by atoms with E-state index >= 15 is 0 Å². The van der Waals surface area contributed by atoms with Crippen LogP contribution in [0.4, 0.5) is 19.0 Å². The van der Waals surface area contributed by atoms with Gasteiger partial charge in [-0.2, -0.15) is 9.37 Å². The lowest BCUT2D eigenvalue weighted by atomic mass is 9.95. The van der Waals surface area contributed by atoms with E-state index in [1.165, 1.54) is 0 Å². The van der Waals surface area contributed by atoms with Crippen LogP contribution in [0.2, 0.25) is 0 Å². The minimum atomic E-state index is -1.32. The number of rotatable bonds is 2. The molecule has 1 aromatic rings. The molecule has 2 rings (SSSR count). The summed E-state index contributed by atoms with van der Waals surface area (Å²) in [7, 11) is 0. The monoisotopic (exact) mass is 246 g/mol. The van der Waals surface area contributed by atoms with Gasteiger partial charge in [0.05, 0.1) is 11.6 Å². The van der Waals surface area contributed by atoms with Crippen LogP contribution in [0.3, 0.4) is 0 Å². The van der Waals surface area contributed by atoms with E-state index in [1.54, 1.807) is 0 Å². The number of nitrogens with zero attached hydrogens (tertiary/aromatic N) is 1. The highest BCUT2D eigenvalue weighted by atomic mass is 19.2. The molecule has 2 unspecified atom stereocenters. The van der Waals surface area contributed by atoms with Gasteiger partial charge in [-0.25, -0.2) is 8.78 Å². The fourth-order valence-corrected chi connectivity index (χ4v) is 1.80. The molecule has 0 radical (unpaired) electrons. The van der Waals surface area contributed by atoms with Crippen LogP contribution in [0.5, 0.6) is 0 Å². The Morgan fingerprint density at radius 1 is 1.41 bits per heavy atom. The second kappa shape index (κ2) is 4.18. The summed E-state index contributed by atoms with van der Waals surface area (Å²) in [4.78, 5) is 3.23. The van der Waals surface area contributed by atoms with Gasteiger partial charge in [0.25, 0.3) is 5.95 Å². The van der Waals surface area contributed by atoms with Gasteiger partial charge in [0.2, 0.25) is 0 Å². The van der Waals surface area contributed by atoms with E-state index in [9.17, 15) is 13.2 Å². The number of aromatic nitrogens is 1. The molecule has 17 heavy (non-hydrogen) atoms. The summed E-state index contributed by atoms with van der Waals surface area (Å²) in [5, 5.41) is 2.79. The largest absolute Gasteiger partial charge is 0.376 e. The molecule has 6 heteroatoms. The zero-order valence-corrected chi connectivity index (χ0v) is 9.56. The summed E-state index contributed by atoms with van der Waals surface area (Å²) in [6.45, 7) is 4.20. The maximum Gasteiger partial charge on any atom is 0.251 e. The molecule has 0 amide bonds. The molecule has 0 aromatic carbocycles. The van der Waals surface area contributed by atoms with Crippen LogP contribution in [-0.2, 0) is 4.74 Å². The molecule has 1 fully saturated rings. The molecule has 1 aliphatic rings. The number of halogens is 3. The predicted octanol–water partition coefficient (Wildman–Crippen LogP) is 2.48. The third-order valence-electron chi connectivity index (χ3n) is 3.18. The van der Waals surface area contributed by atoms with Crippen LogP contribution < -0.4 is 5.32 Å². The highest BCUT2D eigenvalue weighted by Gasteiger charge is 2.38. The molecule has 1 aliphatic heterocycles. The van der Waals surface area contributed by atoms with Gasteiger partial charge in [-0.1, -0.05) is 0 Å². The van der Waals surface area contributed by atoms with Crippen molar-refractivity contribution in [1.29, 1.82) is 0 Å². The molecule has 1 saturated heterocycles. The molecule has 1 aromatic heterocycles. The van der Waals surface area contributed by atoms with E-state index in [0.29, 0.717) is 19.1 Å². The Morgan fingerprint density at radius 2 is 2.12 bits per heavy atom. The molecule has 2 atom stereocenters. The van der Waals surface area contributed by atoms with Gasteiger partial charge in [0.15, 0.2) is 17.5 Å². The fourth-order valence-electron chi connectivity index (χ4n) is 1.80. The summed E-state index contributed by atoms with van der Waals surface area (Å²) in [6.07, 6.45) is 0.491. The summed E-state index contributed by atoms with van der Waals surface area (Å²) >= 11 is 0. The zero-order valence-electron chi connectivity index (χ0n) is 9.56. The Hall–Kier alpha value is -1.30. The van der Waals surface area contributed by atoms with Crippen LogP contribution in [-0.4, -0.2) is 23.2 Å². The average Bonchev–Trinajstić information content (AvgIpc) is 2.56. The van der Waals surface area contributed by atoms with Gasteiger partial charge in [-0.15, -0.1) is 0 Å². The smallest absolute Gasteiger partial charge is 0.251 e. The second-order valence-electron chi connectivity index (χ2n) is 4.40. The third-order valence-corrected chi connectivity index (χ3v) is 3.18. The number of anilines is 1. The number of pyridine rings is 1. The summed E-state index contributed by atoms with van der Waals surface area (Å²) < 4.78 is 44.4. The van der Waals surface area contributed by atoms with Crippen molar-refractivity contribution in [2.75, 3.05) is 11.9 Å². The summed E-state index contributed by atoms with van der Waals surface area (Å²) in [5.74, 6) is -3.81. The van der Waals surface area contributed by atoms with Crippen LogP contribution in [0.25, 0.3) is 0 Å². The van der Waals surface area contributed by atoms with Crippen molar-refractivity contribution in [2.45, 2.75) is 31.9 Å². The molecule has 2 heterocycles. The Kier molecular flexibility index (Phi) is 2.99. The molecule has 0 bridgehead atoms. The SMILES string of the molecule is CC1OCCC1(C)Nc1nc(F)c(F)cc1F. The number of hydrogen-bond acceptors (Lipinski definition) is 3. The number of ether oxygens (including phenoxy) is 1. The van der Waals surface area contributed by atoms with Crippen LogP contribution in [0.1, 0.15) is 20.3 Å². The van der Waals surface area contributed by atoms with Crippen molar-refractivity contribution in [1.82, 2.24) is 4.98 Å². The highest BCUT2D eigenvalue weighted by molar-refractivity contribution is 5.40. The minimum Gasteiger partial charge on any atom is -0.376 e. The van der Waals surface area contributed by atoms with Gasteiger partial charge in [0.1, 0.15) is 0 Å². The first-order valence-electron chi connectivity index (χ1n) is 5.34. The topological polar surface area (TPSA) is 34.1 Å². The predicted molar refractivity (Wildman–Crippen MR) is 56.2 cm³/mol. The molecular formula is C11H13F3N2O. The standard InChI is InChI=1S/C11H13F3N2O/c1-6-11(2,3-4-17-6)16-10-8(13)5-7(12)9(14)15-10/h5-6H,3-4H2,1-2H3,(H,15,16). The van der Waals surface area contributed by atoms with Crippen molar-refractivity contribution in [3.8, 4) is 0 Å². The van der Waals surface area contributed by atoms with Crippen LogP contribution in [0, 0.1) is 17.6 Å². The highest BCUT2D eigenvalue weighted by Crippen LogP contribution is 2.30. The van der Waals surface area contributed by atoms with Gasteiger partial charge >= 0.3 is 0 Å². The van der Waals surface area contributed by atoms with Gasteiger partial charge in [-0.05, 0) is 20.3 Å².